The number of aromatic nitrogens is 6. The summed E-state index contributed by atoms with van der Waals surface area (Å²) in [5.41, 5.74) is 2.07. The van der Waals surface area contributed by atoms with Crippen LogP contribution in [-0.2, 0) is 30.0 Å². The third-order valence-corrected chi connectivity index (χ3v) is 7.09. The van der Waals surface area contributed by atoms with Gasteiger partial charge in [-0.2, -0.15) is 0 Å². The molecule has 0 amide bonds. The highest BCUT2D eigenvalue weighted by atomic mass is 16.9. The minimum atomic E-state index is -1.43. The fraction of sp³-hybridized carbons (Fsp3) is 0.250. The molecule has 47 heavy (non-hydrogen) atoms. The molecule has 242 valence electrons. The van der Waals surface area contributed by atoms with Crippen LogP contribution >= 0.6 is 0 Å². The molecule has 5 rings (SSSR count). The number of carboxylic acids is 1. The number of imidazole rings is 1. The van der Waals surface area contributed by atoms with Crippen molar-refractivity contribution in [2.45, 2.75) is 52.4 Å². The van der Waals surface area contributed by atoms with E-state index in [1.54, 1.807) is 28.8 Å². The normalized spacial score (nSPS) is 11.3. The Bertz CT molecular complexity index is 1930. The lowest BCUT2D eigenvalue weighted by Crippen LogP contribution is -2.22. The number of carbonyl (C=O) groups excluding carboxylic acids is 1. The van der Waals surface area contributed by atoms with Gasteiger partial charge < -0.3 is 24.4 Å². The summed E-state index contributed by atoms with van der Waals surface area (Å²) in [6.45, 7) is 4.94. The Labute approximate surface area is 268 Å². The van der Waals surface area contributed by atoms with Gasteiger partial charge in [0.1, 0.15) is 29.5 Å². The van der Waals surface area contributed by atoms with Gasteiger partial charge in [-0.15, -0.1) is 20.3 Å². The number of nitrogens with zero attached hydrogens (tertiary/aromatic N) is 7. The first-order valence-corrected chi connectivity index (χ1v) is 14.6. The van der Waals surface area contributed by atoms with E-state index in [1.165, 1.54) is 26.0 Å². The molecule has 0 saturated heterocycles. The van der Waals surface area contributed by atoms with Crippen LogP contribution in [0.4, 0.5) is 4.79 Å². The molecule has 0 unspecified atom stereocenters. The smallest absolute Gasteiger partial charge is 0.459 e. The van der Waals surface area contributed by atoms with Crippen LogP contribution in [-0.4, -0.2) is 57.1 Å². The number of hydrogen-bond donors (Lipinski definition) is 2. The molecule has 0 spiro atoms. The summed E-state index contributed by atoms with van der Waals surface area (Å²) in [6, 6.07) is 20.9. The molecule has 15 nitrogen and oxygen atoms in total. The summed E-state index contributed by atoms with van der Waals surface area (Å²) >= 11 is 0. The number of aliphatic hydroxyl groups is 1. The van der Waals surface area contributed by atoms with Gasteiger partial charge >= 0.3 is 12.1 Å². The van der Waals surface area contributed by atoms with E-state index in [-0.39, 0.29) is 36.1 Å². The van der Waals surface area contributed by atoms with E-state index in [0.29, 0.717) is 28.2 Å². The molecule has 0 fully saturated rings. The Balaban J connectivity index is 1.37. The average Bonchev–Trinajstić information content (AvgIpc) is 3.67. The number of carboxylic acid groups (broad SMARTS) is 1. The predicted molar refractivity (Wildman–Crippen MR) is 166 cm³/mol. The van der Waals surface area contributed by atoms with Crippen LogP contribution in [0.2, 0.25) is 0 Å². The van der Waals surface area contributed by atoms with Gasteiger partial charge in [0, 0.05) is 18.5 Å². The maximum atomic E-state index is 12.7. The van der Waals surface area contributed by atoms with Crippen LogP contribution in [0.1, 0.15) is 60.3 Å². The lowest BCUT2D eigenvalue weighted by Gasteiger charge is -2.16. The van der Waals surface area contributed by atoms with E-state index in [9.17, 15) is 29.9 Å². The SMILES string of the molecule is CCCc1nc(C(C)(C)O)c(C(=O)O)n1Cc1ccc(-c2ccccc2-c2nnn(C(=O)Oc3cccc(CO[N+](=O)[O-])c3)n2)cc1. The second-order valence-corrected chi connectivity index (χ2v) is 11.1. The molecular formula is C32H31N7O8. The van der Waals surface area contributed by atoms with Crippen molar-refractivity contribution in [3.63, 3.8) is 0 Å². The molecule has 5 aromatic rings. The number of aromatic carboxylic acids is 1. The second-order valence-electron chi connectivity index (χ2n) is 11.1. The summed E-state index contributed by atoms with van der Waals surface area (Å²) in [5, 5.41) is 42.3. The molecule has 3 aromatic carbocycles. The molecule has 15 heteroatoms. The zero-order valence-corrected chi connectivity index (χ0v) is 25.7. The quantitative estimate of drug-likeness (QED) is 0.138. The average molecular weight is 642 g/mol. The van der Waals surface area contributed by atoms with Crippen molar-refractivity contribution in [1.29, 1.82) is 0 Å². The minimum absolute atomic E-state index is 0.0420. The van der Waals surface area contributed by atoms with Crippen molar-refractivity contribution in [2.24, 2.45) is 0 Å². The van der Waals surface area contributed by atoms with E-state index in [2.05, 4.69) is 25.2 Å². The third-order valence-electron chi connectivity index (χ3n) is 7.09. The van der Waals surface area contributed by atoms with Crippen molar-refractivity contribution in [3.8, 4) is 28.3 Å². The van der Waals surface area contributed by atoms with E-state index in [4.69, 9.17) is 4.74 Å². The Morgan fingerprint density at radius 1 is 1.00 bits per heavy atom. The topological polar surface area (TPSA) is 198 Å². The number of aryl methyl sites for hydroxylation is 1. The van der Waals surface area contributed by atoms with Crippen LogP contribution in [0, 0.1) is 10.1 Å². The summed E-state index contributed by atoms with van der Waals surface area (Å²) < 4.78 is 6.96. The number of rotatable bonds is 12. The fourth-order valence-electron chi connectivity index (χ4n) is 5.00. The van der Waals surface area contributed by atoms with Gasteiger partial charge in [0.05, 0.1) is 0 Å². The molecular weight excluding hydrogens is 610 g/mol. The van der Waals surface area contributed by atoms with Gasteiger partial charge in [-0.3, -0.25) is 0 Å². The molecule has 0 saturated carbocycles. The van der Waals surface area contributed by atoms with Gasteiger partial charge in [0.2, 0.25) is 5.82 Å². The predicted octanol–water partition coefficient (Wildman–Crippen LogP) is 4.89. The Hall–Kier alpha value is -5.96. The molecule has 2 aromatic heterocycles. The third kappa shape index (κ3) is 7.48. The molecule has 2 heterocycles. The summed E-state index contributed by atoms with van der Waals surface area (Å²) in [6.07, 6.45) is 0.365. The highest BCUT2D eigenvalue weighted by Gasteiger charge is 2.31. The van der Waals surface area contributed by atoms with Crippen molar-refractivity contribution < 1.29 is 34.5 Å². The van der Waals surface area contributed by atoms with Crippen LogP contribution in [0.3, 0.4) is 0 Å². The zero-order valence-electron chi connectivity index (χ0n) is 25.7. The number of tetrazole rings is 1. The maximum absolute atomic E-state index is 12.7. The highest BCUT2D eigenvalue weighted by molar-refractivity contribution is 5.87. The molecule has 0 radical (unpaired) electrons. The van der Waals surface area contributed by atoms with E-state index >= 15 is 0 Å². The van der Waals surface area contributed by atoms with Gasteiger partial charge in [-0.25, -0.2) is 14.6 Å². The lowest BCUT2D eigenvalue weighted by molar-refractivity contribution is -0.763. The first kappa shape index (κ1) is 32.4. The number of carbonyl (C=O) groups is 2. The Kier molecular flexibility index (Phi) is 9.37. The number of ether oxygens (including phenoxy) is 1. The summed E-state index contributed by atoms with van der Waals surface area (Å²) in [4.78, 5) is 45.0. The highest BCUT2D eigenvalue weighted by Crippen LogP contribution is 2.31. The van der Waals surface area contributed by atoms with E-state index < -0.39 is 22.8 Å². The van der Waals surface area contributed by atoms with Crippen molar-refractivity contribution in [1.82, 2.24) is 29.8 Å². The Morgan fingerprint density at radius 3 is 2.38 bits per heavy atom. The minimum Gasteiger partial charge on any atom is -0.477 e. The molecule has 0 bridgehead atoms. The van der Waals surface area contributed by atoms with Crippen LogP contribution in [0.15, 0.2) is 72.8 Å². The second kappa shape index (κ2) is 13.6. The monoisotopic (exact) mass is 641 g/mol. The molecule has 2 N–H and O–H groups in total. The number of benzene rings is 3. The Morgan fingerprint density at radius 2 is 1.72 bits per heavy atom. The van der Waals surface area contributed by atoms with E-state index in [0.717, 1.165) is 23.1 Å². The summed E-state index contributed by atoms with van der Waals surface area (Å²) in [5.74, 6) is -0.297. The van der Waals surface area contributed by atoms with Gasteiger partial charge in [0.25, 0.3) is 5.09 Å². The van der Waals surface area contributed by atoms with Gasteiger partial charge in [-0.1, -0.05) is 72.4 Å². The van der Waals surface area contributed by atoms with Crippen LogP contribution in [0.5, 0.6) is 5.75 Å². The maximum Gasteiger partial charge on any atom is 0.459 e. The standard InChI is InChI=1S/C32H31N7O8/c1-4-8-26-33-28(32(2,3)43)27(30(40)41)37(26)18-20-13-15-22(16-14-20)24-11-5-6-12-25(24)29-34-36-38(35-29)31(42)47-23-10-7-9-21(17-23)19-46-39(44)45/h5-7,9-17,43H,4,8,18-19H2,1-3H3,(H,40,41). The van der Waals surface area contributed by atoms with E-state index in [1.807, 2.05) is 43.3 Å². The lowest BCUT2D eigenvalue weighted by atomic mass is 9.98. The first-order chi connectivity index (χ1) is 22.4. The van der Waals surface area contributed by atoms with Crippen LogP contribution < -0.4 is 4.74 Å². The van der Waals surface area contributed by atoms with Gasteiger partial charge in [-0.05, 0) is 59.9 Å². The number of hydrogen-bond acceptors (Lipinski definition) is 11. The molecule has 0 aliphatic carbocycles. The van der Waals surface area contributed by atoms with Crippen LogP contribution in [0.25, 0.3) is 22.5 Å². The summed E-state index contributed by atoms with van der Waals surface area (Å²) in [7, 11) is 0. The largest absolute Gasteiger partial charge is 0.477 e. The van der Waals surface area contributed by atoms with Crippen molar-refractivity contribution in [3.05, 3.63) is 111 Å². The zero-order chi connectivity index (χ0) is 33.7. The fourth-order valence-corrected chi connectivity index (χ4v) is 5.00. The first-order valence-electron chi connectivity index (χ1n) is 14.6. The van der Waals surface area contributed by atoms with Crippen molar-refractivity contribution >= 4 is 12.1 Å². The molecule has 0 aliphatic heterocycles. The van der Waals surface area contributed by atoms with Crippen molar-refractivity contribution in [2.75, 3.05) is 0 Å². The van der Waals surface area contributed by atoms with Gasteiger partial charge in [0.15, 0.2) is 5.69 Å². The molecule has 0 aliphatic rings. The molecule has 0 atom stereocenters.